The number of nitrogens with one attached hydrogen (secondary N) is 2. The smallest absolute Gasteiger partial charge is 0.287 e. The van der Waals surface area contributed by atoms with Crippen LogP contribution in [0.2, 0.25) is 0 Å². The van der Waals surface area contributed by atoms with Crippen LogP contribution >= 0.6 is 0 Å². The van der Waals surface area contributed by atoms with Crippen molar-refractivity contribution >= 4 is 17.5 Å². The normalized spacial score (nSPS) is 13.7. The molecule has 0 atom stereocenters. The van der Waals surface area contributed by atoms with Gasteiger partial charge in [0.2, 0.25) is 5.91 Å². The lowest BCUT2D eigenvalue weighted by Gasteiger charge is -2.08. The first-order valence-corrected chi connectivity index (χ1v) is 7.36. The van der Waals surface area contributed by atoms with Crippen LogP contribution in [0.5, 0.6) is 0 Å². The number of carbonyl (C=O) groups excluding carboxylic acids is 2. The molecule has 22 heavy (non-hydrogen) atoms. The van der Waals surface area contributed by atoms with E-state index >= 15 is 0 Å². The summed E-state index contributed by atoms with van der Waals surface area (Å²) in [6, 6.07) is 10.9. The lowest BCUT2D eigenvalue weighted by molar-refractivity contribution is -0.117. The zero-order valence-electron chi connectivity index (χ0n) is 12.4. The number of rotatable bonds is 5. The first-order chi connectivity index (χ1) is 10.6. The largest absolute Gasteiger partial charge is 0.456 e. The molecule has 1 aliphatic carbocycles. The first-order valence-electron chi connectivity index (χ1n) is 7.36. The second-order valence-electron chi connectivity index (χ2n) is 5.56. The number of anilines is 1. The summed E-state index contributed by atoms with van der Waals surface area (Å²) in [6.45, 7) is 2.18. The van der Waals surface area contributed by atoms with Crippen LogP contribution in [0.1, 0.15) is 34.7 Å². The molecule has 1 aromatic heterocycles. The molecule has 0 unspecified atom stereocenters. The van der Waals surface area contributed by atoms with Crippen molar-refractivity contribution in [1.82, 2.24) is 5.32 Å². The van der Waals surface area contributed by atoms with Gasteiger partial charge in [-0.1, -0.05) is 12.1 Å². The van der Waals surface area contributed by atoms with Gasteiger partial charge < -0.3 is 15.1 Å². The van der Waals surface area contributed by atoms with Crippen LogP contribution in [0.4, 0.5) is 5.69 Å². The maximum absolute atomic E-state index is 11.9. The van der Waals surface area contributed by atoms with E-state index in [0.29, 0.717) is 18.1 Å². The highest BCUT2D eigenvalue weighted by Crippen LogP contribution is 2.30. The van der Waals surface area contributed by atoms with Crippen LogP contribution in [-0.4, -0.2) is 11.8 Å². The molecule has 0 bridgehead atoms. The van der Waals surface area contributed by atoms with Crippen molar-refractivity contribution in [2.75, 3.05) is 5.32 Å². The number of carbonyl (C=O) groups is 2. The number of aryl methyl sites for hydroxylation is 1. The zero-order chi connectivity index (χ0) is 15.5. The second-order valence-corrected chi connectivity index (χ2v) is 5.56. The average molecular weight is 298 g/mol. The molecule has 2 aromatic rings. The molecule has 0 aliphatic heterocycles. The monoisotopic (exact) mass is 298 g/mol. The number of amides is 2. The molecule has 2 amide bonds. The molecule has 5 nitrogen and oxygen atoms in total. The van der Waals surface area contributed by atoms with E-state index in [1.165, 1.54) is 0 Å². The third kappa shape index (κ3) is 3.55. The van der Waals surface area contributed by atoms with Gasteiger partial charge in [-0.15, -0.1) is 0 Å². The van der Waals surface area contributed by atoms with E-state index in [0.717, 1.165) is 24.1 Å². The molecule has 2 N–H and O–H groups in total. The van der Waals surface area contributed by atoms with Gasteiger partial charge in [0.05, 0.1) is 0 Å². The topological polar surface area (TPSA) is 71.3 Å². The Balaban J connectivity index is 1.58. The molecule has 1 aromatic carbocycles. The molecular formula is C17H18N2O3. The van der Waals surface area contributed by atoms with Crippen LogP contribution in [0.15, 0.2) is 40.8 Å². The minimum absolute atomic E-state index is 0.0762. The summed E-state index contributed by atoms with van der Waals surface area (Å²) >= 11 is 0. The van der Waals surface area contributed by atoms with Crippen molar-refractivity contribution in [3.05, 3.63) is 53.5 Å². The molecular weight excluding hydrogens is 280 g/mol. The summed E-state index contributed by atoms with van der Waals surface area (Å²) in [4.78, 5) is 23.7. The highest BCUT2D eigenvalue weighted by Gasteiger charge is 2.29. The van der Waals surface area contributed by atoms with Gasteiger partial charge in [-0.05, 0) is 49.6 Å². The molecule has 114 valence electrons. The van der Waals surface area contributed by atoms with E-state index in [9.17, 15) is 9.59 Å². The van der Waals surface area contributed by atoms with Crippen molar-refractivity contribution in [2.45, 2.75) is 26.3 Å². The van der Waals surface area contributed by atoms with E-state index < -0.39 is 0 Å². The van der Waals surface area contributed by atoms with Gasteiger partial charge >= 0.3 is 0 Å². The predicted octanol–water partition coefficient (Wildman–Crippen LogP) is 2.87. The molecule has 3 rings (SSSR count). The summed E-state index contributed by atoms with van der Waals surface area (Å²) in [5.41, 5.74) is 1.68. The molecule has 0 radical (unpaired) electrons. The van der Waals surface area contributed by atoms with E-state index in [4.69, 9.17) is 4.42 Å². The number of furan rings is 1. The van der Waals surface area contributed by atoms with Crippen LogP contribution < -0.4 is 10.6 Å². The fourth-order valence-corrected chi connectivity index (χ4v) is 2.17. The predicted molar refractivity (Wildman–Crippen MR) is 82.4 cm³/mol. The second kappa shape index (κ2) is 6.05. The van der Waals surface area contributed by atoms with Crippen LogP contribution in [0.25, 0.3) is 0 Å². The summed E-state index contributed by atoms with van der Waals surface area (Å²) in [5.74, 6) is 1.00. The van der Waals surface area contributed by atoms with E-state index in [-0.39, 0.29) is 17.7 Å². The van der Waals surface area contributed by atoms with Gasteiger partial charge in [0.1, 0.15) is 5.76 Å². The van der Waals surface area contributed by atoms with Gasteiger partial charge in [-0.25, -0.2) is 0 Å². The minimum Gasteiger partial charge on any atom is -0.456 e. The van der Waals surface area contributed by atoms with Crippen molar-refractivity contribution in [3.8, 4) is 0 Å². The summed E-state index contributed by atoms with van der Waals surface area (Å²) in [6.07, 6.45) is 1.95. The summed E-state index contributed by atoms with van der Waals surface area (Å²) in [5, 5.41) is 5.70. The van der Waals surface area contributed by atoms with Gasteiger partial charge in [0.15, 0.2) is 5.76 Å². The molecule has 1 aliphatic rings. The molecule has 5 heteroatoms. The molecule has 1 saturated carbocycles. The van der Waals surface area contributed by atoms with Crippen LogP contribution in [0.3, 0.4) is 0 Å². The highest BCUT2D eigenvalue weighted by molar-refractivity contribution is 5.94. The van der Waals surface area contributed by atoms with E-state index in [1.807, 2.05) is 24.3 Å². The fraction of sp³-hybridized carbons (Fsp3) is 0.294. The maximum Gasteiger partial charge on any atom is 0.287 e. The number of benzene rings is 1. The van der Waals surface area contributed by atoms with Gasteiger partial charge in [-0.3, -0.25) is 9.59 Å². The lowest BCUT2D eigenvalue weighted by atomic mass is 10.2. The summed E-state index contributed by atoms with van der Waals surface area (Å²) < 4.78 is 5.27. The van der Waals surface area contributed by atoms with Gasteiger partial charge in [0, 0.05) is 18.2 Å². The van der Waals surface area contributed by atoms with Crippen molar-refractivity contribution < 1.29 is 14.0 Å². The third-order valence-corrected chi connectivity index (χ3v) is 3.56. The number of hydrogen-bond acceptors (Lipinski definition) is 3. The Morgan fingerprint density at radius 3 is 2.73 bits per heavy atom. The van der Waals surface area contributed by atoms with E-state index in [1.54, 1.807) is 19.1 Å². The number of hydrogen-bond donors (Lipinski definition) is 2. The molecule has 0 saturated heterocycles. The van der Waals surface area contributed by atoms with Crippen LogP contribution in [0, 0.1) is 12.8 Å². The van der Waals surface area contributed by atoms with Crippen molar-refractivity contribution in [2.24, 2.45) is 5.92 Å². The average Bonchev–Trinajstić information content (AvgIpc) is 3.27. The van der Waals surface area contributed by atoms with Gasteiger partial charge in [-0.2, -0.15) is 0 Å². The standard InChI is InChI=1S/C17H18N2O3/c1-11-5-8-15(22-11)17(21)18-10-12-3-2-4-14(9-12)19-16(20)13-6-7-13/h2-5,8-9,13H,6-7,10H2,1H3,(H,18,21)(H,19,20). The van der Waals surface area contributed by atoms with Crippen molar-refractivity contribution in [3.63, 3.8) is 0 Å². The maximum atomic E-state index is 11.9. The summed E-state index contributed by atoms with van der Waals surface area (Å²) in [7, 11) is 0. The lowest BCUT2D eigenvalue weighted by Crippen LogP contribution is -2.22. The fourth-order valence-electron chi connectivity index (χ4n) is 2.17. The SMILES string of the molecule is Cc1ccc(C(=O)NCc2cccc(NC(=O)C3CC3)c2)o1. The molecule has 1 heterocycles. The quantitative estimate of drug-likeness (QED) is 0.891. The Hall–Kier alpha value is -2.56. The Morgan fingerprint density at radius 1 is 1.23 bits per heavy atom. The Morgan fingerprint density at radius 2 is 2.05 bits per heavy atom. The molecule has 0 spiro atoms. The Kier molecular flexibility index (Phi) is 3.96. The minimum atomic E-state index is -0.250. The zero-order valence-corrected chi connectivity index (χ0v) is 12.4. The third-order valence-electron chi connectivity index (χ3n) is 3.56. The Bertz CT molecular complexity index is 701. The van der Waals surface area contributed by atoms with Crippen molar-refractivity contribution in [1.29, 1.82) is 0 Å². The van der Waals surface area contributed by atoms with E-state index in [2.05, 4.69) is 10.6 Å². The first kappa shape index (κ1) is 14.4. The van der Waals surface area contributed by atoms with Crippen LogP contribution in [-0.2, 0) is 11.3 Å². The molecule has 1 fully saturated rings. The van der Waals surface area contributed by atoms with Gasteiger partial charge in [0.25, 0.3) is 5.91 Å². The Labute approximate surface area is 128 Å². The highest BCUT2D eigenvalue weighted by atomic mass is 16.3.